The summed E-state index contributed by atoms with van der Waals surface area (Å²) >= 11 is 2.02. The third-order valence-electron chi connectivity index (χ3n) is 5.57. The molecule has 4 atom stereocenters. The molecule has 0 radical (unpaired) electrons. The molecule has 2 bridgehead atoms. The van der Waals surface area contributed by atoms with Crippen molar-refractivity contribution in [3.8, 4) is 0 Å². The summed E-state index contributed by atoms with van der Waals surface area (Å²) < 4.78 is 11.8. The average Bonchev–Trinajstić information content (AvgIpc) is 3.24. The first-order chi connectivity index (χ1) is 12.7. The molecule has 0 spiro atoms. The molecule has 2 saturated heterocycles. The molecule has 0 aliphatic carbocycles. The minimum atomic E-state index is -0.747. The monoisotopic (exact) mass is 378 g/mol. The molecule has 1 aromatic rings. The van der Waals surface area contributed by atoms with Crippen LogP contribution in [0.25, 0.3) is 0 Å². The Morgan fingerprint density at radius 1 is 1.12 bits per heavy atom. The zero-order valence-electron chi connectivity index (χ0n) is 15.3. The van der Waals surface area contributed by atoms with Gasteiger partial charge in [0.25, 0.3) is 0 Å². The van der Waals surface area contributed by atoms with Gasteiger partial charge in [-0.1, -0.05) is 30.3 Å². The van der Waals surface area contributed by atoms with Gasteiger partial charge in [-0.05, 0) is 55.3 Å². The predicted molar refractivity (Wildman–Crippen MR) is 104 cm³/mol. The minimum Gasteiger partial charge on any atom is -0.481 e. The van der Waals surface area contributed by atoms with Gasteiger partial charge in [0, 0.05) is 25.4 Å². The highest BCUT2D eigenvalue weighted by atomic mass is 32.2. The number of carbonyl (C=O) groups is 1. The summed E-state index contributed by atoms with van der Waals surface area (Å²) in [6.07, 6.45) is 6.35. The van der Waals surface area contributed by atoms with Gasteiger partial charge in [-0.2, -0.15) is 11.8 Å². The smallest absolute Gasteiger partial charge is 0.303 e. The van der Waals surface area contributed by atoms with Crippen molar-refractivity contribution < 1.29 is 19.4 Å². The van der Waals surface area contributed by atoms with E-state index in [1.54, 1.807) is 0 Å². The van der Waals surface area contributed by atoms with E-state index >= 15 is 0 Å². The number of hydrogen-bond acceptors (Lipinski definition) is 4. The quantitative estimate of drug-likeness (QED) is 0.547. The second kappa shape index (κ2) is 10.3. The van der Waals surface area contributed by atoms with E-state index in [-0.39, 0.29) is 6.42 Å². The Morgan fingerprint density at radius 3 is 2.58 bits per heavy atom. The summed E-state index contributed by atoms with van der Waals surface area (Å²) in [6, 6.07) is 10.7. The molecule has 0 amide bonds. The number of fused-ring (bicyclic) bond motifs is 2. The number of ether oxygens (including phenoxy) is 2. The molecule has 0 saturated carbocycles. The lowest BCUT2D eigenvalue weighted by Gasteiger charge is -2.28. The van der Waals surface area contributed by atoms with Gasteiger partial charge < -0.3 is 14.6 Å². The summed E-state index contributed by atoms with van der Waals surface area (Å²) in [5.74, 6) is 2.80. The highest BCUT2D eigenvalue weighted by molar-refractivity contribution is 7.98. The number of carboxylic acids is 1. The maximum atomic E-state index is 10.5. The van der Waals surface area contributed by atoms with Crippen molar-refractivity contribution in [1.82, 2.24) is 0 Å². The van der Waals surface area contributed by atoms with E-state index in [1.165, 1.54) is 30.6 Å². The molecule has 0 aromatic heterocycles. The Kier molecular flexibility index (Phi) is 7.84. The van der Waals surface area contributed by atoms with Crippen molar-refractivity contribution in [1.29, 1.82) is 0 Å². The molecule has 144 valence electrons. The lowest BCUT2D eigenvalue weighted by Crippen LogP contribution is -2.28. The van der Waals surface area contributed by atoms with Crippen LogP contribution < -0.4 is 0 Å². The standard InChI is InChI=1S/C21H30O4S/c22-21(23)7-4-12-24-13-10-17-18(20-9-8-19(17)25-20)11-14-26-15-16-5-2-1-3-6-16/h1-3,5-6,17-20H,4,7-15H2,(H,22,23)/t17-,18+,19-,20+/m0/s1. The highest BCUT2D eigenvalue weighted by Crippen LogP contribution is 2.46. The van der Waals surface area contributed by atoms with Gasteiger partial charge >= 0.3 is 5.97 Å². The lowest BCUT2D eigenvalue weighted by atomic mass is 9.76. The van der Waals surface area contributed by atoms with Crippen LogP contribution in [0.15, 0.2) is 30.3 Å². The van der Waals surface area contributed by atoms with Crippen molar-refractivity contribution >= 4 is 17.7 Å². The van der Waals surface area contributed by atoms with Gasteiger partial charge in [0.2, 0.25) is 0 Å². The van der Waals surface area contributed by atoms with Gasteiger partial charge in [-0.15, -0.1) is 0 Å². The van der Waals surface area contributed by atoms with Gasteiger partial charge in [0.1, 0.15) is 0 Å². The van der Waals surface area contributed by atoms with Crippen LogP contribution in [0.3, 0.4) is 0 Å². The van der Waals surface area contributed by atoms with E-state index < -0.39 is 5.97 Å². The Bertz CT molecular complexity index is 550. The molecule has 2 fully saturated rings. The number of thioether (sulfide) groups is 1. The van der Waals surface area contributed by atoms with Crippen LogP contribution in [0.1, 0.15) is 44.1 Å². The lowest BCUT2D eigenvalue weighted by molar-refractivity contribution is -0.137. The van der Waals surface area contributed by atoms with E-state index in [2.05, 4.69) is 30.3 Å². The Balaban J connectivity index is 1.34. The predicted octanol–water partition coefficient (Wildman–Crippen LogP) is 4.38. The van der Waals surface area contributed by atoms with Gasteiger partial charge in [0.15, 0.2) is 0 Å². The fraction of sp³-hybridized carbons (Fsp3) is 0.667. The number of aliphatic carboxylic acids is 1. The zero-order valence-corrected chi connectivity index (χ0v) is 16.2. The Hall–Kier alpha value is -1.04. The molecular weight excluding hydrogens is 348 g/mol. The molecule has 1 N–H and O–H groups in total. The fourth-order valence-corrected chi connectivity index (χ4v) is 5.31. The maximum absolute atomic E-state index is 10.5. The first-order valence-corrected chi connectivity index (χ1v) is 11.0. The summed E-state index contributed by atoms with van der Waals surface area (Å²) in [7, 11) is 0. The maximum Gasteiger partial charge on any atom is 0.303 e. The van der Waals surface area contributed by atoms with Crippen molar-refractivity contribution in [3.05, 3.63) is 35.9 Å². The zero-order chi connectivity index (χ0) is 18.2. The van der Waals surface area contributed by atoms with Crippen LogP contribution in [0.2, 0.25) is 0 Å². The molecule has 0 unspecified atom stereocenters. The van der Waals surface area contributed by atoms with Crippen LogP contribution in [0, 0.1) is 11.8 Å². The van der Waals surface area contributed by atoms with Gasteiger partial charge in [0.05, 0.1) is 12.2 Å². The molecule has 2 aliphatic rings. The molecule has 26 heavy (non-hydrogen) atoms. The molecular formula is C21H30O4S. The molecule has 4 nitrogen and oxygen atoms in total. The van der Waals surface area contributed by atoms with Gasteiger partial charge in [-0.25, -0.2) is 0 Å². The minimum absolute atomic E-state index is 0.193. The number of rotatable bonds is 12. The topological polar surface area (TPSA) is 55.8 Å². The van der Waals surface area contributed by atoms with Crippen molar-refractivity contribution in [2.75, 3.05) is 19.0 Å². The van der Waals surface area contributed by atoms with Crippen molar-refractivity contribution in [3.63, 3.8) is 0 Å². The van der Waals surface area contributed by atoms with Crippen LogP contribution in [0.5, 0.6) is 0 Å². The summed E-state index contributed by atoms with van der Waals surface area (Å²) in [5.41, 5.74) is 1.40. The van der Waals surface area contributed by atoms with Crippen LogP contribution in [0.4, 0.5) is 0 Å². The third kappa shape index (κ3) is 5.73. The molecule has 1 aromatic carbocycles. The Labute approximate surface area is 160 Å². The highest BCUT2D eigenvalue weighted by Gasteiger charge is 2.47. The van der Waals surface area contributed by atoms with Crippen molar-refractivity contribution in [2.24, 2.45) is 11.8 Å². The molecule has 2 aliphatic heterocycles. The largest absolute Gasteiger partial charge is 0.481 e. The van der Waals surface area contributed by atoms with Crippen LogP contribution in [-0.4, -0.2) is 42.3 Å². The first kappa shape index (κ1) is 19.7. The number of carboxylic acid groups (broad SMARTS) is 1. The Morgan fingerprint density at radius 2 is 1.85 bits per heavy atom. The molecule has 3 rings (SSSR count). The summed E-state index contributed by atoms with van der Waals surface area (Å²) in [5, 5.41) is 8.65. The average molecular weight is 379 g/mol. The van der Waals surface area contributed by atoms with Crippen molar-refractivity contribution in [2.45, 2.75) is 56.5 Å². The van der Waals surface area contributed by atoms with E-state index in [1.807, 2.05) is 11.8 Å². The second-order valence-electron chi connectivity index (χ2n) is 7.34. The third-order valence-corrected chi connectivity index (χ3v) is 6.63. The van der Waals surface area contributed by atoms with Gasteiger partial charge in [-0.3, -0.25) is 4.79 Å². The van der Waals surface area contributed by atoms with E-state index in [9.17, 15) is 4.79 Å². The second-order valence-corrected chi connectivity index (χ2v) is 8.45. The normalized spacial score (nSPS) is 27.1. The van der Waals surface area contributed by atoms with E-state index in [0.717, 1.165) is 18.8 Å². The van der Waals surface area contributed by atoms with E-state index in [0.29, 0.717) is 37.1 Å². The molecule has 5 heteroatoms. The van der Waals surface area contributed by atoms with E-state index in [4.69, 9.17) is 14.6 Å². The summed E-state index contributed by atoms with van der Waals surface area (Å²) in [6.45, 7) is 1.27. The SMILES string of the molecule is O=C(O)CCCOCC[C@H]1[C@@H](CCSCc2ccccc2)[C@H]2CC[C@@H]1O2. The number of hydrogen-bond donors (Lipinski definition) is 1. The van der Waals surface area contributed by atoms with Crippen LogP contribution >= 0.6 is 11.8 Å². The van der Waals surface area contributed by atoms with Crippen LogP contribution in [-0.2, 0) is 20.0 Å². The summed E-state index contributed by atoms with van der Waals surface area (Å²) in [4.78, 5) is 10.5. The number of benzene rings is 1. The fourth-order valence-electron chi connectivity index (χ4n) is 4.30. The first-order valence-electron chi connectivity index (χ1n) is 9.80. The molecule has 2 heterocycles.